The van der Waals surface area contributed by atoms with E-state index in [4.69, 9.17) is 5.73 Å². The van der Waals surface area contributed by atoms with E-state index in [2.05, 4.69) is 4.98 Å². The minimum absolute atomic E-state index is 0.0157. The Morgan fingerprint density at radius 2 is 2.04 bits per heavy atom. The minimum Gasteiger partial charge on any atom is -0.340 e. The van der Waals surface area contributed by atoms with Gasteiger partial charge in [0.25, 0.3) is 0 Å². The second-order valence-electron chi connectivity index (χ2n) is 8.06. The summed E-state index contributed by atoms with van der Waals surface area (Å²) < 4.78 is 0. The summed E-state index contributed by atoms with van der Waals surface area (Å²) in [5.41, 5.74) is 6.45. The van der Waals surface area contributed by atoms with E-state index < -0.39 is 5.54 Å². The maximum atomic E-state index is 12.7. The molecule has 1 spiro atoms. The number of nitrogens with two attached hydrogens (primary N) is 1. The van der Waals surface area contributed by atoms with Crippen molar-refractivity contribution in [3.63, 3.8) is 0 Å². The number of carbonyl (C=O) groups excluding carboxylic acids is 2. The standard InChI is InChI=1S/C19H26N4O2/c20-19(8-9-19)17(25)22-11-3-6-18(13-22)7-5-16(24)23(14-18)12-15-4-1-2-10-21-15/h1-2,4,10H,3,5-9,11-14,20H2/t18-/m1/s1. The molecule has 2 aliphatic heterocycles. The van der Waals surface area contributed by atoms with Crippen LogP contribution >= 0.6 is 0 Å². The van der Waals surface area contributed by atoms with Crippen LogP contribution in [0.25, 0.3) is 0 Å². The van der Waals surface area contributed by atoms with Crippen LogP contribution in [0.2, 0.25) is 0 Å². The zero-order valence-corrected chi connectivity index (χ0v) is 14.6. The lowest BCUT2D eigenvalue weighted by Crippen LogP contribution is -2.57. The molecule has 0 bridgehead atoms. The normalized spacial score (nSPS) is 28.3. The minimum atomic E-state index is -0.601. The molecule has 1 aliphatic carbocycles. The molecule has 6 nitrogen and oxygen atoms in total. The average molecular weight is 342 g/mol. The Balaban J connectivity index is 1.47. The van der Waals surface area contributed by atoms with Crippen LogP contribution in [0.1, 0.15) is 44.2 Å². The Hall–Kier alpha value is -1.95. The summed E-state index contributed by atoms with van der Waals surface area (Å²) in [4.78, 5) is 33.3. The zero-order valence-electron chi connectivity index (χ0n) is 14.6. The van der Waals surface area contributed by atoms with Crippen molar-refractivity contribution < 1.29 is 9.59 Å². The first-order chi connectivity index (χ1) is 12.0. The molecule has 134 valence electrons. The third kappa shape index (κ3) is 3.27. The molecule has 3 aliphatic rings. The van der Waals surface area contributed by atoms with Crippen LogP contribution in [0.4, 0.5) is 0 Å². The van der Waals surface area contributed by atoms with E-state index in [1.807, 2.05) is 28.0 Å². The van der Waals surface area contributed by atoms with E-state index in [-0.39, 0.29) is 17.2 Å². The van der Waals surface area contributed by atoms with Crippen LogP contribution in [0.15, 0.2) is 24.4 Å². The molecule has 2 amide bonds. The van der Waals surface area contributed by atoms with Gasteiger partial charge in [0, 0.05) is 37.7 Å². The van der Waals surface area contributed by atoms with Gasteiger partial charge in [-0.2, -0.15) is 0 Å². The third-order valence-electron chi connectivity index (χ3n) is 5.99. The zero-order chi connectivity index (χ0) is 17.5. The average Bonchev–Trinajstić information content (AvgIpc) is 3.38. The lowest BCUT2D eigenvalue weighted by atomic mass is 9.73. The summed E-state index contributed by atoms with van der Waals surface area (Å²) in [6.07, 6.45) is 6.86. The molecule has 6 heteroatoms. The first kappa shape index (κ1) is 16.5. The van der Waals surface area contributed by atoms with Crippen molar-refractivity contribution in [3.05, 3.63) is 30.1 Å². The number of carbonyl (C=O) groups is 2. The highest BCUT2D eigenvalue weighted by Crippen LogP contribution is 2.42. The summed E-state index contributed by atoms with van der Waals surface area (Å²) >= 11 is 0. The van der Waals surface area contributed by atoms with Crippen molar-refractivity contribution >= 4 is 11.8 Å². The van der Waals surface area contributed by atoms with Gasteiger partial charge in [-0.15, -0.1) is 0 Å². The van der Waals surface area contributed by atoms with E-state index >= 15 is 0 Å². The first-order valence-electron chi connectivity index (χ1n) is 9.26. The monoisotopic (exact) mass is 342 g/mol. The van der Waals surface area contributed by atoms with Crippen molar-refractivity contribution in [2.24, 2.45) is 11.1 Å². The Labute approximate surface area is 148 Å². The Bertz CT molecular complexity index is 673. The van der Waals surface area contributed by atoms with E-state index in [1.54, 1.807) is 6.20 Å². The van der Waals surface area contributed by atoms with Gasteiger partial charge in [-0.05, 0) is 44.2 Å². The van der Waals surface area contributed by atoms with Crippen LogP contribution in [-0.2, 0) is 16.1 Å². The number of hydrogen-bond donors (Lipinski definition) is 1. The van der Waals surface area contributed by atoms with Crippen molar-refractivity contribution in [2.45, 2.75) is 50.6 Å². The number of nitrogens with zero attached hydrogens (tertiary/aromatic N) is 3. The highest BCUT2D eigenvalue weighted by atomic mass is 16.2. The summed E-state index contributed by atoms with van der Waals surface area (Å²) in [5.74, 6) is 0.303. The largest absolute Gasteiger partial charge is 0.340 e. The van der Waals surface area contributed by atoms with E-state index in [0.717, 1.165) is 50.9 Å². The van der Waals surface area contributed by atoms with Gasteiger partial charge in [0.2, 0.25) is 11.8 Å². The number of pyridine rings is 1. The molecule has 0 unspecified atom stereocenters. The Kier molecular flexibility index (Phi) is 4.02. The summed E-state index contributed by atoms with van der Waals surface area (Å²) in [5, 5.41) is 0. The van der Waals surface area contributed by atoms with Crippen LogP contribution in [0.5, 0.6) is 0 Å². The molecule has 1 aromatic rings. The molecule has 1 atom stereocenters. The number of rotatable bonds is 3. The number of amides is 2. The van der Waals surface area contributed by atoms with Crippen molar-refractivity contribution in [1.29, 1.82) is 0 Å². The van der Waals surface area contributed by atoms with Crippen LogP contribution in [0, 0.1) is 5.41 Å². The predicted molar refractivity (Wildman–Crippen MR) is 93.3 cm³/mol. The second kappa shape index (κ2) is 6.09. The molecule has 2 saturated heterocycles. The SMILES string of the molecule is NC1(C(=O)N2CCC[C@@]3(CCC(=O)N(Cc4ccccn4)C3)C2)CC1. The van der Waals surface area contributed by atoms with Gasteiger partial charge >= 0.3 is 0 Å². The Morgan fingerprint density at radius 1 is 1.20 bits per heavy atom. The Morgan fingerprint density at radius 3 is 2.76 bits per heavy atom. The predicted octanol–water partition coefficient (Wildman–Crippen LogP) is 1.30. The fourth-order valence-corrected chi connectivity index (χ4v) is 4.31. The van der Waals surface area contributed by atoms with Crippen molar-refractivity contribution in [3.8, 4) is 0 Å². The molecular formula is C19H26N4O2. The molecule has 25 heavy (non-hydrogen) atoms. The highest BCUT2D eigenvalue weighted by Gasteiger charge is 2.51. The van der Waals surface area contributed by atoms with Crippen LogP contribution in [-0.4, -0.2) is 51.8 Å². The molecule has 3 fully saturated rings. The van der Waals surface area contributed by atoms with Crippen LogP contribution < -0.4 is 5.73 Å². The van der Waals surface area contributed by atoms with Crippen molar-refractivity contribution in [1.82, 2.24) is 14.8 Å². The molecule has 4 rings (SSSR count). The molecule has 3 heterocycles. The van der Waals surface area contributed by atoms with Crippen molar-refractivity contribution in [2.75, 3.05) is 19.6 Å². The van der Waals surface area contributed by atoms with Gasteiger partial charge in [-0.25, -0.2) is 0 Å². The highest BCUT2D eigenvalue weighted by molar-refractivity contribution is 5.89. The van der Waals surface area contributed by atoms with Crippen LogP contribution in [0.3, 0.4) is 0 Å². The van der Waals surface area contributed by atoms with E-state index in [1.165, 1.54) is 0 Å². The summed E-state index contributed by atoms with van der Waals surface area (Å²) in [6, 6.07) is 5.79. The number of hydrogen-bond acceptors (Lipinski definition) is 4. The first-order valence-corrected chi connectivity index (χ1v) is 9.26. The smallest absolute Gasteiger partial charge is 0.242 e. The maximum Gasteiger partial charge on any atom is 0.242 e. The summed E-state index contributed by atoms with van der Waals surface area (Å²) in [6.45, 7) is 2.80. The topological polar surface area (TPSA) is 79.5 Å². The van der Waals surface area contributed by atoms with Gasteiger partial charge in [0.15, 0.2) is 0 Å². The number of piperidine rings is 2. The summed E-state index contributed by atoms with van der Waals surface area (Å²) in [7, 11) is 0. The van der Waals surface area contributed by atoms with Gasteiger partial charge < -0.3 is 15.5 Å². The van der Waals surface area contributed by atoms with E-state index in [9.17, 15) is 9.59 Å². The lowest BCUT2D eigenvalue weighted by Gasteiger charge is -2.48. The van der Waals surface area contributed by atoms with Gasteiger partial charge in [0.05, 0.1) is 17.8 Å². The second-order valence-corrected chi connectivity index (χ2v) is 8.06. The number of aromatic nitrogens is 1. The fourth-order valence-electron chi connectivity index (χ4n) is 4.31. The molecular weight excluding hydrogens is 316 g/mol. The molecule has 1 saturated carbocycles. The van der Waals surface area contributed by atoms with Gasteiger partial charge in [0.1, 0.15) is 0 Å². The molecule has 0 radical (unpaired) electrons. The number of likely N-dealkylation sites (tertiary alicyclic amines) is 2. The quantitative estimate of drug-likeness (QED) is 0.898. The molecule has 0 aromatic carbocycles. The van der Waals surface area contributed by atoms with Gasteiger partial charge in [-0.3, -0.25) is 14.6 Å². The van der Waals surface area contributed by atoms with Gasteiger partial charge in [-0.1, -0.05) is 6.07 Å². The third-order valence-corrected chi connectivity index (χ3v) is 5.99. The fraction of sp³-hybridized carbons (Fsp3) is 0.632. The lowest BCUT2D eigenvalue weighted by molar-refractivity contribution is -0.144. The molecule has 2 N–H and O–H groups in total. The maximum absolute atomic E-state index is 12.7. The molecule has 1 aromatic heterocycles. The van der Waals surface area contributed by atoms with E-state index in [0.29, 0.717) is 19.5 Å².